The molecule has 0 fully saturated rings. The van der Waals surface area contributed by atoms with E-state index in [1.807, 2.05) is 24.3 Å². The second-order valence-electron chi connectivity index (χ2n) is 6.88. The van der Waals surface area contributed by atoms with E-state index in [9.17, 15) is 0 Å². The number of rotatable bonds is 7. The van der Waals surface area contributed by atoms with Crippen molar-refractivity contribution in [1.29, 1.82) is 0 Å². The Kier molecular flexibility index (Phi) is 7.74. The van der Waals surface area contributed by atoms with Gasteiger partial charge in [-0.2, -0.15) is 0 Å². The van der Waals surface area contributed by atoms with Gasteiger partial charge in [-0.3, -0.25) is 0 Å². The quantitative estimate of drug-likeness (QED) is 0.210. The molecule has 4 aromatic rings. The van der Waals surface area contributed by atoms with Crippen LogP contribution in [0.15, 0.2) is 109 Å². The standard InChI is InChI=1S/C26H20Cl2Se2/c27-23-15-11-21(12-16-23)25(19-7-3-1-4-8-19)29-30-26(20-9-5-2-6-10-20)22-13-17-24(28)18-14-22/h1-18,25-26H. The zero-order valence-electron chi connectivity index (χ0n) is 16.1. The zero-order chi connectivity index (χ0) is 20.8. The van der Waals surface area contributed by atoms with Gasteiger partial charge >= 0.3 is 201 Å². The van der Waals surface area contributed by atoms with Gasteiger partial charge in [0.05, 0.1) is 0 Å². The first-order valence-electron chi connectivity index (χ1n) is 9.63. The van der Waals surface area contributed by atoms with Crippen molar-refractivity contribution in [1.82, 2.24) is 0 Å². The Morgan fingerprint density at radius 3 is 1.03 bits per heavy atom. The van der Waals surface area contributed by atoms with Crippen molar-refractivity contribution in [2.24, 2.45) is 0 Å². The molecule has 2 atom stereocenters. The van der Waals surface area contributed by atoms with E-state index in [4.69, 9.17) is 23.2 Å². The number of hydrogen-bond acceptors (Lipinski definition) is 0. The molecule has 0 nitrogen and oxygen atoms in total. The summed E-state index contributed by atoms with van der Waals surface area (Å²) in [5.74, 6) is 0. The van der Waals surface area contributed by atoms with Crippen LogP contribution in [-0.4, -0.2) is 26.3 Å². The molecule has 0 spiro atoms. The molecule has 0 N–H and O–H groups in total. The summed E-state index contributed by atoms with van der Waals surface area (Å²) in [5.41, 5.74) is 5.44. The molecule has 0 saturated carbocycles. The number of benzene rings is 4. The van der Waals surface area contributed by atoms with Crippen LogP contribution < -0.4 is 0 Å². The second kappa shape index (κ2) is 10.7. The molecule has 0 aliphatic rings. The SMILES string of the molecule is Clc1ccc(C([Se][Se]C(c2ccccc2)c2ccc(Cl)cc2)c2ccccc2)cc1. The fourth-order valence-corrected chi connectivity index (χ4v) is 13.5. The molecule has 0 bridgehead atoms. The van der Waals surface area contributed by atoms with Crippen LogP contribution in [-0.2, 0) is 0 Å². The van der Waals surface area contributed by atoms with Gasteiger partial charge in [0.2, 0.25) is 0 Å². The second-order valence-corrected chi connectivity index (χ2v) is 14.7. The Balaban J connectivity index is 1.65. The van der Waals surface area contributed by atoms with Gasteiger partial charge in [-0.15, -0.1) is 0 Å². The van der Waals surface area contributed by atoms with Gasteiger partial charge in [-0.05, 0) is 0 Å². The molecule has 0 amide bonds. The van der Waals surface area contributed by atoms with Crippen LogP contribution in [0.2, 0.25) is 10.0 Å². The van der Waals surface area contributed by atoms with Gasteiger partial charge in [0.1, 0.15) is 0 Å². The van der Waals surface area contributed by atoms with Crippen molar-refractivity contribution in [3.63, 3.8) is 0 Å². The van der Waals surface area contributed by atoms with E-state index in [-0.39, 0.29) is 0 Å². The van der Waals surface area contributed by atoms with Gasteiger partial charge in [-0.1, -0.05) is 0 Å². The van der Waals surface area contributed by atoms with E-state index in [0.717, 1.165) is 10.0 Å². The first kappa shape index (κ1) is 21.7. The molecule has 4 rings (SSSR count). The summed E-state index contributed by atoms with van der Waals surface area (Å²) in [6, 6.07) is 38.4. The summed E-state index contributed by atoms with van der Waals surface area (Å²) >= 11 is 13.1. The molecular formula is C26H20Cl2Se2. The van der Waals surface area contributed by atoms with Gasteiger partial charge in [0.15, 0.2) is 0 Å². The summed E-state index contributed by atoms with van der Waals surface area (Å²) in [6.45, 7) is 0. The first-order valence-corrected chi connectivity index (χ1v) is 16.7. The minimum absolute atomic E-state index is 0.405. The van der Waals surface area contributed by atoms with Crippen molar-refractivity contribution in [3.05, 3.63) is 141 Å². The fourth-order valence-electron chi connectivity index (χ4n) is 3.25. The monoisotopic (exact) mass is 562 g/mol. The van der Waals surface area contributed by atoms with Crippen LogP contribution in [0.1, 0.15) is 31.9 Å². The van der Waals surface area contributed by atoms with Gasteiger partial charge in [0.25, 0.3) is 0 Å². The Morgan fingerprint density at radius 1 is 0.400 bits per heavy atom. The Morgan fingerprint density at radius 2 is 0.700 bits per heavy atom. The fraction of sp³-hybridized carbons (Fsp3) is 0.0769. The summed E-state index contributed by atoms with van der Waals surface area (Å²) in [4.78, 5) is 0.823. The molecule has 0 saturated heterocycles. The van der Waals surface area contributed by atoms with Crippen molar-refractivity contribution in [2.45, 2.75) is 9.63 Å². The van der Waals surface area contributed by atoms with E-state index in [2.05, 4.69) is 84.9 Å². The van der Waals surface area contributed by atoms with Crippen LogP contribution in [0.4, 0.5) is 0 Å². The van der Waals surface area contributed by atoms with Gasteiger partial charge in [-0.25, -0.2) is 0 Å². The Labute approximate surface area is 199 Å². The molecule has 0 heterocycles. The molecular weight excluding hydrogens is 541 g/mol. The average Bonchev–Trinajstić information content (AvgIpc) is 2.80. The first-order chi connectivity index (χ1) is 14.7. The molecule has 0 aromatic heterocycles. The number of hydrogen-bond donors (Lipinski definition) is 0. The van der Waals surface area contributed by atoms with E-state index < -0.39 is 0 Å². The van der Waals surface area contributed by atoms with E-state index in [0.29, 0.717) is 35.9 Å². The molecule has 0 radical (unpaired) electrons. The van der Waals surface area contributed by atoms with Gasteiger partial charge in [0, 0.05) is 0 Å². The van der Waals surface area contributed by atoms with Crippen LogP contribution in [0.25, 0.3) is 0 Å². The predicted octanol–water partition coefficient (Wildman–Crippen LogP) is 7.20. The van der Waals surface area contributed by atoms with Crippen LogP contribution in [0.5, 0.6) is 0 Å². The van der Waals surface area contributed by atoms with Crippen molar-refractivity contribution < 1.29 is 0 Å². The van der Waals surface area contributed by atoms with Crippen molar-refractivity contribution in [3.8, 4) is 0 Å². The van der Waals surface area contributed by atoms with Crippen LogP contribution in [0.3, 0.4) is 0 Å². The molecule has 4 heteroatoms. The van der Waals surface area contributed by atoms with E-state index in [1.54, 1.807) is 0 Å². The Bertz CT molecular complexity index is 961. The molecule has 0 aliphatic carbocycles. The third kappa shape index (κ3) is 5.59. The Hall–Kier alpha value is -1.50. The van der Waals surface area contributed by atoms with Crippen molar-refractivity contribution in [2.75, 3.05) is 0 Å². The molecule has 30 heavy (non-hydrogen) atoms. The summed E-state index contributed by atoms with van der Waals surface area (Å²) in [5, 5.41) is 1.57. The maximum atomic E-state index is 6.16. The van der Waals surface area contributed by atoms with Gasteiger partial charge < -0.3 is 0 Å². The normalized spacial score (nSPS) is 13.0. The number of halogens is 2. The topological polar surface area (TPSA) is 0 Å². The summed E-state index contributed by atoms with van der Waals surface area (Å²) < 4.78 is 0. The van der Waals surface area contributed by atoms with Crippen molar-refractivity contribution >= 4 is 49.5 Å². The molecule has 150 valence electrons. The van der Waals surface area contributed by atoms with Crippen LogP contribution in [0, 0.1) is 0 Å². The predicted molar refractivity (Wildman–Crippen MR) is 131 cm³/mol. The molecule has 4 aromatic carbocycles. The van der Waals surface area contributed by atoms with Crippen LogP contribution >= 0.6 is 23.2 Å². The van der Waals surface area contributed by atoms with E-state index in [1.165, 1.54) is 22.3 Å². The summed E-state index contributed by atoms with van der Waals surface area (Å²) in [6.07, 6.45) is 0. The zero-order valence-corrected chi connectivity index (χ0v) is 21.1. The summed E-state index contributed by atoms with van der Waals surface area (Å²) in [7, 11) is 0. The third-order valence-electron chi connectivity index (χ3n) is 4.80. The third-order valence-corrected chi connectivity index (χ3v) is 14.0. The molecule has 2 unspecified atom stereocenters. The average molecular weight is 561 g/mol. The maximum absolute atomic E-state index is 6.16. The molecule has 0 aliphatic heterocycles. The minimum atomic E-state index is 0.405. The van der Waals surface area contributed by atoms with E-state index >= 15 is 0 Å².